The summed E-state index contributed by atoms with van der Waals surface area (Å²) in [5.41, 5.74) is 3.52. The van der Waals surface area contributed by atoms with Gasteiger partial charge in [0.15, 0.2) is 11.6 Å². The lowest BCUT2D eigenvalue weighted by molar-refractivity contribution is -0.111. The summed E-state index contributed by atoms with van der Waals surface area (Å²) in [5, 5.41) is 5.68. The van der Waals surface area contributed by atoms with Crippen molar-refractivity contribution in [3.05, 3.63) is 85.3 Å². The minimum absolute atomic E-state index is 0.0180. The molecule has 3 heterocycles. The molecular formula is C27H26F2N6O. The van der Waals surface area contributed by atoms with Crippen LogP contribution in [0.1, 0.15) is 0 Å². The standard InChI is InChI=1S/C27H26F2N6O/c1-3-25(36)31-19-6-4-5-18(15-19)20-9-10-35-17-30-24(16-23(20)35)32-21-7-8-22(27(29)26(21)28)34-13-11-33(2)12-14-34/h3-10,15-17,32H,1,11-14H2,2H3,(H,31,36). The highest BCUT2D eigenvalue weighted by Gasteiger charge is 2.21. The first kappa shape index (κ1) is 23.5. The van der Waals surface area contributed by atoms with Crippen molar-refractivity contribution in [2.45, 2.75) is 0 Å². The third kappa shape index (κ3) is 4.65. The molecule has 1 aliphatic rings. The number of anilines is 4. The molecule has 0 unspecified atom stereocenters. The molecule has 5 rings (SSSR count). The summed E-state index contributed by atoms with van der Waals surface area (Å²) in [5.74, 6) is -1.72. The summed E-state index contributed by atoms with van der Waals surface area (Å²) in [6, 6.07) is 14.3. The largest absolute Gasteiger partial charge is 0.367 e. The molecule has 2 N–H and O–H groups in total. The fourth-order valence-corrected chi connectivity index (χ4v) is 4.34. The van der Waals surface area contributed by atoms with Gasteiger partial charge in [-0.25, -0.2) is 13.8 Å². The van der Waals surface area contributed by atoms with E-state index in [0.29, 0.717) is 24.6 Å². The van der Waals surface area contributed by atoms with E-state index in [1.807, 2.05) is 46.8 Å². The third-order valence-corrected chi connectivity index (χ3v) is 6.35. The Kier molecular flexibility index (Phi) is 6.39. The molecule has 36 heavy (non-hydrogen) atoms. The van der Waals surface area contributed by atoms with Crippen LogP contribution in [0.15, 0.2) is 73.7 Å². The number of halogens is 2. The summed E-state index contributed by atoms with van der Waals surface area (Å²) < 4.78 is 31.8. The Morgan fingerprint density at radius 2 is 1.86 bits per heavy atom. The lowest BCUT2D eigenvalue weighted by Crippen LogP contribution is -2.44. The molecule has 0 aliphatic carbocycles. The van der Waals surface area contributed by atoms with Crippen LogP contribution in [-0.4, -0.2) is 53.4 Å². The molecule has 7 nitrogen and oxygen atoms in total. The van der Waals surface area contributed by atoms with Gasteiger partial charge in [-0.15, -0.1) is 0 Å². The number of benzene rings is 2. The summed E-state index contributed by atoms with van der Waals surface area (Å²) in [6.07, 6.45) is 4.68. The number of fused-ring (bicyclic) bond motifs is 1. The van der Waals surface area contributed by atoms with Crippen molar-refractivity contribution in [2.24, 2.45) is 0 Å². The Hall–Kier alpha value is -4.24. The summed E-state index contributed by atoms with van der Waals surface area (Å²) in [6.45, 7) is 6.37. The van der Waals surface area contributed by atoms with Gasteiger partial charge in [-0.3, -0.25) is 4.79 Å². The zero-order chi connectivity index (χ0) is 25.2. The zero-order valence-corrected chi connectivity index (χ0v) is 19.8. The predicted molar refractivity (Wildman–Crippen MR) is 139 cm³/mol. The smallest absolute Gasteiger partial charge is 0.247 e. The molecular weight excluding hydrogens is 462 g/mol. The Balaban J connectivity index is 1.42. The molecule has 1 saturated heterocycles. The van der Waals surface area contributed by atoms with Gasteiger partial charge in [-0.1, -0.05) is 18.7 Å². The molecule has 9 heteroatoms. The quantitative estimate of drug-likeness (QED) is 0.378. The highest BCUT2D eigenvalue weighted by Crippen LogP contribution is 2.32. The first-order valence-corrected chi connectivity index (χ1v) is 11.6. The van der Waals surface area contributed by atoms with Crippen LogP contribution >= 0.6 is 0 Å². The Morgan fingerprint density at radius 1 is 1.06 bits per heavy atom. The summed E-state index contributed by atoms with van der Waals surface area (Å²) in [7, 11) is 2.01. The monoisotopic (exact) mass is 488 g/mol. The van der Waals surface area contributed by atoms with Crippen LogP contribution in [0.2, 0.25) is 0 Å². The number of piperazine rings is 1. The van der Waals surface area contributed by atoms with Crippen LogP contribution in [0, 0.1) is 11.6 Å². The van der Waals surface area contributed by atoms with E-state index < -0.39 is 11.6 Å². The van der Waals surface area contributed by atoms with Crippen LogP contribution in [-0.2, 0) is 4.79 Å². The van der Waals surface area contributed by atoms with Gasteiger partial charge in [-0.2, -0.15) is 0 Å². The van der Waals surface area contributed by atoms with E-state index in [0.717, 1.165) is 29.7 Å². The van der Waals surface area contributed by atoms with Crippen LogP contribution in [0.25, 0.3) is 16.6 Å². The number of amides is 1. The molecule has 4 aromatic rings. The maximum absolute atomic E-state index is 15.0. The maximum atomic E-state index is 15.0. The van der Waals surface area contributed by atoms with Gasteiger partial charge in [-0.05, 0) is 49.0 Å². The van der Waals surface area contributed by atoms with Gasteiger partial charge in [0.05, 0.1) is 16.9 Å². The topological polar surface area (TPSA) is 64.9 Å². The van der Waals surface area contributed by atoms with Crippen molar-refractivity contribution in [3.8, 4) is 11.1 Å². The maximum Gasteiger partial charge on any atom is 0.247 e. The Bertz CT molecular complexity index is 1440. The molecule has 2 aromatic carbocycles. The van der Waals surface area contributed by atoms with Crippen LogP contribution < -0.4 is 15.5 Å². The van der Waals surface area contributed by atoms with Crippen LogP contribution in [0.3, 0.4) is 0 Å². The Morgan fingerprint density at radius 3 is 2.64 bits per heavy atom. The lowest BCUT2D eigenvalue weighted by Gasteiger charge is -2.34. The van der Waals surface area contributed by atoms with Crippen molar-refractivity contribution in [2.75, 3.05) is 48.8 Å². The van der Waals surface area contributed by atoms with Gasteiger partial charge in [0.2, 0.25) is 5.91 Å². The SMILES string of the molecule is C=CC(=O)Nc1cccc(-c2ccn3cnc(Nc4ccc(N5CCN(C)CC5)c(F)c4F)cc23)c1. The van der Waals surface area contributed by atoms with Gasteiger partial charge in [0, 0.05) is 49.7 Å². The normalized spacial score (nSPS) is 14.1. The van der Waals surface area contributed by atoms with Crippen molar-refractivity contribution in [1.82, 2.24) is 14.3 Å². The minimum Gasteiger partial charge on any atom is -0.367 e. The fraction of sp³-hybridized carbons (Fsp3) is 0.185. The molecule has 1 fully saturated rings. The number of carbonyl (C=O) groups excluding carboxylic acids is 1. The van der Waals surface area contributed by atoms with Crippen molar-refractivity contribution in [3.63, 3.8) is 0 Å². The van der Waals surface area contributed by atoms with E-state index >= 15 is 4.39 Å². The summed E-state index contributed by atoms with van der Waals surface area (Å²) >= 11 is 0. The van der Waals surface area contributed by atoms with Crippen LogP contribution in [0.4, 0.5) is 31.7 Å². The molecule has 1 amide bonds. The van der Waals surface area contributed by atoms with E-state index in [1.54, 1.807) is 30.6 Å². The first-order chi connectivity index (χ1) is 17.4. The van der Waals surface area contributed by atoms with Crippen molar-refractivity contribution >= 4 is 34.3 Å². The van der Waals surface area contributed by atoms with Crippen LogP contribution in [0.5, 0.6) is 0 Å². The number of nitrogens with one attached hydrogen (secondary N) is 2. The van der Waals surface area contributed by atoms with Gasteiger partial charge in [0.25, 0.3) is 0 Å². The molecule has 184 valence electrons. The lowest BCUT2D eigenvalue weighted by atomic mass is 10.1. The number of likely N-dealkylation sites (N-methyl/N-ethyl adjacent to an activating group) is 1. The van der Waals surface area contributed by atoms with E-state index in [-0.39, 0.29) is 17.3 Å². The number of hydrogen-bond donors (Lipinski definition) is 2. The summed E-state index contributed by atoms with van der Waals surface area (Å²) in [4.78, 5) is 20.0. The zero-order valence-electron chi connectivity index (χ0n) is 19.8. The van der Waals surface area contributed by atoms with Crippen molar-refractivity contribution in [1.29, 1.82) is 0 Å². The third-order valence-electron chi connectivity index (χ3n) is 6.35. The number of nitrogens with zero attached hydrogens (tertiary/aromatic N) is 4. The molecule has 0 spiro atoms. The van der Waals surface area contributed by atoms with E-state index in [4.69, 9.17) is 0 Å². The second-order valence-electron chi connectivity index (χ2n) is 8.75. The number of rotatable bonds is 6. The second kappa shape index (κ2) is 9.79. The number of aromatic nitrogens is 2. The van der Waals surface area contributed by atoms with Gasteiger partial charge >= 0.3 is 0 Å². The van der Waals surface area contributed by atoms with Crippen molar-refractivity contribution < 1.29 is 13.6 Å². The Labute approximate surface area is 207 Å². The molecule has 0 bridgehead atoms. The molecule has 0 radical (unpaired) electrons. The van der Waals surface area contributed by atoms with E-state index in [9.17, 15) is 9.18 Å². The van der Waals surface area contributed by atoms with Gasteiger partial charge in [0.1, 0.15) is 12.1 Å². The molecule has 0 atom stereocenters. The van der Waals surface area contributed by atoms with E-state index in [2.05, 4.69) is 27.1 Å². The number of carbonyl (C=O) groups is 1. The molecule has 2 aromatic heterocycles. The van der Waals surface area contributed by atoms with E-state index in [1.165, 1.54) is 6.08 Å². The molecule has 0 saturated carbocycles. The highest BCUT2D eigenvalue weighted by molar-refractivity contribution is 5.99. The fourth-order valence-electron chi connectivity index (χ4n) is 4.34. The van der Waals surface area contributed by atoms with Gasteiger partial charge < -0.3 is 24.8 Å². The highest BCUT2D eigenvalue weighted by atomic mass is 19.2. The molecule has 1 aliphatic heterocycles. The second-order valence-corrected chi connectivity index (χ2v) is 8.75. The first-order valence-electron chi connectivity index (χ1n) is 11.6. The number of hydrogen-bond acceptors (Lipinski definition) is 5. The predicted octanol–water partition coefficient (Wildman–Crippen LogP) is 4.90. The minimum atomic E-state index is -0.936. The average Bonchev–Trinajstić information content (AvgIpc) is 3.31. The average molecular weight is 489 g/mol.